The van der Waals surface area contributed by atoms with Crippen LogP contribution in [0.2, 0.25) is 0 Å². The van der Waals surface area contributed by atoms with Crippen LogP contribution in [0.5, 0.6) is 0 Å². The monoisotopic (exact) mass is 249 g/mol. The van der Waals surface area contributed by atoms with E-state index in [0.717, 1.165) is 0 Å². The van der Waals surface area contributed by atoms with Crippen molar-refractivity contribution < 1.29 is 9.50 Å². The molecule has 2 nitrogen and oxygen atoms in total. The Kier molecular flexibility index (Phi) is 3.76. The van der Waals surface area contributed by atoms with Gasteiger partial charge in [-0.05, 0) is 25.1 Å². The molecule has 0 saturated heterocycles. The van der Waals surface area contributed by atoms with E-state index < -0.39 is 6.10 Å². The minimum absolute atomic E-state index is 0.278. The number of aliphatic hydroxyl groups excluding tert-OH is 1. The van der Waals surface area contributed by atoms with Crippen LogP contribution in [0.4, 0.5) is 4.39 Å². The van der Waals surface area contributed by atoms with Gasteiger partial charge in [0, 0.05) is 16.7 Å². The van der Waals surface area contributed by atoms with Crippen molar-refractivity contribution in [2.24, 2.45) is 0 Å². The first-order valence-electron chi connectivity index (χ1n) is 5.24. The van der Waals surface area contributed by atoms with Crippen molar-refractivity contribution >= 4 is 11.8 Å². The van der Waals surface area contributed by atoms with Gasteiger partial charge in [0.2, 0.25) is 0 Å². The SMILES string of the molecule is C[C@@H](O)c1cccnc1Sc1ccccc1F. The Hall–Kier alpha value is -1.39. The first-order chi connectivity index (χ1) is 8.18. The minimum atomic E-state index is -0.613. The molecule has 1 atom stereocenters. The third-order valence-corrected chi connectivity index (χ3v) is 3.38. The highest BCUT2D eigenvalue weighted by atomic mass is 32.2. The number of hydrogen-bond donors (Lipinski definition) is 1. The van der Waals surface area contributed by atoms with Crippen LogP contribution in [0.1, 0.15) is 18.6 Å². The van der Waals surface area contributed by atoms with E-state index in [-0.39, 0.29) is 5.82 Å². The maximum atomic E-state index is 13.5. The Morgan fingerprint density at radius 3 is 2.71 bits per heavy atom. The zero-order valence-corrected chi connectivity index (χ0v) is 10.1. The van der Waals surface area contributed by atoms with E-state index in [2.05, 4.69) is 4.98 Å². The minimum Gasteiger partial charge on any atom is -0.389 e. The van der Waals surface area contributed by atoms with Gasteiger partial charge in [-0.2, -0.15) is 0 Å². The summed E-state index contributed by atoms with van der Waals surface area (Å²) in [5.41, 5.74) is 0.709. The second-order valence-electron chi connectivity index (χ2n) is 3.61. The fraction of sp³-hybridized carbons (Fsp3) is 0.154. The number of aromatic nitrogens is 1. The molecule has 0 aliphatic heterocycles. The first kappa shape index (κ1) is 12.1. The van der Waals surface area contributed by atoms with Crippen molar-refractivity contribution in [2.75, 3.05) is 0 Å². The van der Waals surface area contributed by atoms with Crippen LogP contribution in [-0.2, 0) is 0 Å². The zero-order chi connectivity index (χ0) is 12.3. The summed E-state index contributed by atoms with van der Waals surface area (Å²) < 4.78 is 13.5. The van der Waals surface area contributed by atoms with E-state index >= 15 is 0 Å². The lowest BCUT2D eigenvalue weighted by atomic mass is 10.2. The summed E-state index contributed by atoms with van der Waals surface area (Å²) in [6.45, 7) is 1.67. The number of pyridine rings is 1. The molecule has 0 amide bonds. The number of nitrogens with zero attached hydrogens (tertiary/aromatic N) is 1. The van der Waals surface area contributed by atoms with Gasteiger partial charge in [-0.3, -0.25) is 0 Å². The maximum absolute atomic E-state index is 13.5. The first-order valence-corrected chi connectivity index (χ1v) is 6.05. The number of benzene rings is 1. The third-order valence-electron chi connectivity index (χ3n) is 2.29. The quantitative estimate of drug-likeness (QED) is 0.904. The van der Waals surface area contributed by atoms with E-state index in [1.54, 1.807) is 43.5 Å². The molecule has 0 radical (unpaired) electrons. The van der Waals surface area contributed by atoms with E-state index in [1.807, 2.05) is 0 Å². The van der Waals surface area contributed by atoms with Crippen molar-refractivity contribution in [3.63, 3.8) is 0 Å². The van der Waals surface area contributed by atoms with E-state index in [4.69, 9.17) is 0 Å². The number of rotatable bonds is 3. The van der Waals surface area contributed by atoms with Crippen molar-refractivity contribution in [3.05, 3.63) is 54.0 Å². The Labute approximate surface area is 104 Å². The van der Waals surface area contributed by atoms with Crippen LogP contribution in [0.15, 0.2) is 52.5 Å². The van der Waals surface area contributed by atoms with Gasteiger partial charge in [-0.25, -0.2) is 9.37 Å². The molecule has 2 aromatic rings. The van der Waals surface area contributed by atoms with Gasteiger partial charge in [0.15, 0.2) is 0 Å². The summed E-state index contributed by atoms with van der Waals surface area (Å²) in [6, 6.07) is 10.1. The van der Waals surface area contributed by atoms with Gasteiger partial charge < -0.3 is 5.11 Å². The molecule has 1 aromatic carbocycles. The van der Waals surface area contributed by atoms with Gasteiger partial charge in [0.1, 0.15) is 10.8 Å². The molecular weight excluding hydrogens is 237 g/mol. The van der Waals surface area contributed by atoms with Gasteiger partial charge >= 0.3 is 0 Å². The highest BCUT2D eigenvalue weighted by Crippen LogP contribution is 2.32. The van der Waals surface area contributed by atoms with Gasteiger partial charge in [-0.15, -0.1) is 0 Å². The summed E-state index contributed by atoms with van der Waals surface area (Å²) in [5, 5.41) is 10.2. The molecule has 0 saturated carbocycles. The fourth-order valence-corrected chi connectivity index (χ4v) is 2.43. The molecule has 1 aromatic heterocycles. The van der Waals surface area contributed by atoms with E-state index in [0.29, 0.717) is 15.5 Å². The van der Waals surface area contributed by atoms with Crippen LogP contribution in [0.3, 0.4) is 0 Å². The van der Waals surface area contributed by atoms with Gasteiger partial charge in [0.05, 0.1) is 6.10 Å². The Morgan fingerprint density at radius 1 is 1.24 bits per heavy atom. The average Bonchev–Trinajstić information content (AvgIpc) is 2.32. The average molecular weight is 249 g/mol. The molecule has 0 bridgehead atoms. The fourth-order valence-electron chi connectivity index (χ4n) is 1.44. The molecule has 0 spiro atoms. The number of halogens is 1. The summed E-state index contributed by atoms with van der Waals surface area (Å²) in [5.74, 6) is -0.278. The topological polar surface area (TPSA) is 33.1 Å². The summed E-state index contributed by atoms with van der Waals surface area (Å²) in [6.07, 6.45) is 1.02. The lowest BCUT2D eigenvalue weighted by Gasteiger charge is -2.10. The molecule has 0 aliphatic rings. The lowest BCUT2D eigenvalue weighted by Crippen LogP contribution is -1.96. The Morgan fingerprint density at radius 2 is 2.00 bits per heavy atom. The predicted octanol–water partition coefficient (Wildman–Crippen LogP) is 3.43. The van der Waals surface area contributed by atoms with Crippen LogP contribution < -0.4 is 0 Å². The Bertz CT molecular complexity index is 516. The second-order valence-corrected chi connectivity index (χ2v) is 4.64. The molecule has 0 fully saturated rings. The van der Waals surface area contributed by atoms with Crippen LogP contribution in [-0.4, -0.2) is 10.1 Å². The lowest BCUT2D eigenvalue weighted by molar-refractivity contribution is 0.195. The molecular formula is C13H12FNOS. The van der Waals surface area contributed by atoms with Crippen molar-refractivity contribution in [2.45, 2.75) is 22.9 Å². The van der Waals surface area contributed by atoms with Crippen LogP contribution in [0, 0.1) is 5.82 Å². The van der Waals surface area contributed by atoms with Crippen LogP contribution in [0.25, 0.3) is 0 Å². The summed E-state index contributed by atoms with van der Waals surface area (Å²) >= 11 is 1.22. The predicted molar refractivity (Wildman–Crippen MR) is 65.4 cm³/mol. The van der Waals surface area contributed by atoms with Gasteiger partial charge in [-0.1, -0.05) is 30.0 Å². The largest absolute Gasteiger partial charge is 0.389 e. The van der Waals surface area contributed by atoms with Gasteiger partial charge in [0.25, 0.3) is 0 Å². The third kappa shape index (κ3) is 2.84. The highest BCUT2D eigenvalue weighted by Gasteiger charge is 2.11. The highest BCUT2D eigenvalue weighted by molar-refractivity contribution is 7.99. The van der Waals surface area contributed by atoms with E-state index in [9.17, 15) is 9.50 Å². The molecule has 0 aliphatic carbocycles. The number of hydrogen-bond acceptors (Lipinski definition) is 3. The molecule has 2 rings (SSSR count). The second kappa shape index (κ2) is 5.29. The smallest absolute Gasteiger partial charge is 0.137 e. The molecule has 88 valence electrons. The van der Waals surface area contributed by atoms with Crippen molar-refractivity contribution in [1.29, 1.82) is 0 Å². The summed E-state index contributed by atoms with van der Waals surface area (Å²) in [4.78, 5) is 4.68. The van der Waals surface area contributed by atoms with Crippen molar-refractivity contribution in [3.8, 4) is 0 Å². The normalized spacial score (nSPS) is 12.4. The molecule has 1 N–H and O–H groups in total. The van der Waals surface area contributed by atoms with E-state index in [1.165, 1.54) is 17.8 Å². The molecule has 17 heavy (non-hydrogen) atoms. The van der Waals surface area contributed by atoms with Crippen LogP contribution >= 0.6 is 11.8 Å². The summed E-state index contributed by atoms with van der Waals surface area (Å²) in [7, 11) is 0. The number of aliphatic hydroxyl groups is 1. The molecule has 4 heteroatoms. The van der Waals surface area contributed by atoms with Crippen molar-refractivity contribution in [1.82, 2.24) is 4.98 Å². The molecule has 0 unspecified atom stereocenters. The Balaban J connectivity index is 2.34. The zero-order valence-electron chi connectivity index (χ0n) is 9.30. The molecule has 1 heterocycles. The standard InChI is InChI=1S/C13H12FNOS/c1-9(16)10-5-4-8-15-13(10)17-12-7-3-2-6-11(12)14/h2-9,16H,1H3/t9-/m1/s1. The maximum Gasteiger partial charge on any atom is 0.137 e.